The van der Waals surface area contributed by atoms with Gasteiger partial charge in [0.15, 0.2) is 0 Å². The van der Waals surface area contributed by atoms with Crippen LogP contribution in [0.3, 0.4) is 0 Å². The first-order valence-electron chi connectivity index (χ1n) is 10.4. The Morgan fingerprint density at radius 2 is 1.94 bits per heavy atom. The number of carbonyl (C=O) groups is 1. The first-order valence-corrected chi connectivity index (χ1v) is 11.2. The van der Waals surface area contributed by atoms with Crippen molar-refractivity contribution in [2.45, 2.75) is 40.2 Å². The average Bonchev–Trinajstić information content (AvgIpc) is 3.44. The van der Waals surface area contributed by atoms with E-state index in [-0.39, 0.29) is 12.1 Å². The molecule has 0 spiro atoms. The predicted molar refractivity (Wildman–Crippen MR) is 126 cm³/mol. The van der Waals surface area contributed by atoms with E-state index in [1.54, 1.807) is 19.5 Å². The molecule has 8 heteroatoms. The Labute approximate surface area is 189 Å². The van der Waals surface area contributed by atoms with Crippen LogP contribution in [0.15, 0.2) is 52.1 Å². The molecule has 0 atom stereocenters. The lowest BCUT2D eigenvalue weighted by atomic mass is 10.0. The molecule has 0 radical (unpaired) electrons. The van der Waals surface area contributed by atoms with Crippen LogP contribution in [0.4, 0.5) is 0 Å². The molecule has 0 amide bonds. The molecule has 1 N–H and O–H groups in total. The molecule has 7 nitrogen and oxygen atoms in total. The first-order chi connectivity index (χ1) is 15.5. The molecule has 0 bridgehead atoms. The van der Waals surface area contributed by atoms with Gasteiger partial charge in [-0.25, -0.2) is 4.98 Å². The second-order valence-electron chi connectivity index (χ2n) is 6.89. The number of aromatic nitrogens is 2. The molecule has 0 saturated carbocycles. The zero-order valence-electron chi connectivity index (χ0n) is 18.5. The fourth-order valence-electron chi connectivity index (χ4n) is 3.61. The Kier molecular flexibility index (Phi) is 7.48. The van der Waals surface area contributed by atoms with Crippen LogP contribution >= 0.6 is 11.3 Å². The third-order valence-electron chi connectivity index (χ3n) is 5.01. The van der Waals surface area contributed by atoms with Crippen LogP contribution in [0.25, 0.3) is 20.9 Å². The molecule has 0 unspecified atom stereocenters. The highest BCUT2D eigenvalue weighted by Gasteiger charge is 2.21. The monoisotopic (exact) mass is 454 g/mol. The number of nitrogens with zero attached hydrogens (tertiary/aromatic N) is 2. The number of hydrogen-bond donors (Lipinski definition) is 1. The number of rotatable bonds is 7. The highest BCUT2D eigenvalue weighted by molar-refractivity contribution is 7.22. The number of methoxy groups -OCH3 is 1. The number of ether oxygens (including phenoxy) is 1. The number of para-hydroxylation sites is 1. The summed E-state index contributed by atoms with van der Waals surface area (Å²) >= 11 is 1.45. The van der Waals surface area contributed by atoms with Crippen molar-refractivity contribution in [2.75, 3.05) is 7.11 Å². The van der Waals surface area contributed by atoms with Crippen molar-refractivity contribution in [3.63, 3.8) is 0 Å². The van der Waals surface area contributed by atoms with Crippen LogP contribution in [0.5, 0.6) is 5.75 Å². The minimum absolute atomic E-state index is 0.319. The molecule has 168 valence electrons. The number of hydrogen-bond acceptors (Lipinski definition) is 6. The molecule has 0 saturated heterocycles. The van der Waals surface area contributed by atoms with Gasteiger partial charge in [-0.05, 0) is 42.5 Å². The Morgan fingerprint density at radius 1 is 1.22 bits per heavy atom. The first kappa shape index (κ1) is 23.3. The van der Waals surface area contributed by atoms with E-state index in [2.05, 4.69) is 4.98 Å². The van der Waals surface area contributed by atoms with Gasteiger partial charge in [0.1, 0.15) is 18.6 Å². The maximum Gasteiger partial charge on any atom is 0.323 e. The standard InChI is InChI=1S/C22H20N2O5S.C2H6/c1-13-18-20(30-19(13)21-23-9-10-29-21)15(11-24(22(18)27)12-17(25)26)8-7-14-5-3-4-6-16(14)28-2;1-2/h3-6,9-11H,7-8,12H2,1-2H3,(H,25,26);1-2H3. The smallest absolute Gasteiger partial charge is 0.323 e. The molecule has 0 aliphatic rings. The van der Waals surface area contributed by atoms with E-state index in [0.29, 0.717) is 24.1 Å². The number of carboxylic acids is 1. The maximum atomic E-state index is 13.0. The van der Waals surface area contributed by atoms with Gasteiger partial charge in [0.25, 0.3) is 5.56 Å². The normalized spacial score (nSPS) is 10.6. The second-order valence-corrected chi connectivity index (χ2v) is 7.91. The third-order valence-corrected chi connectivity index (χ3v) is 6.37. The Morgan fingerprint density at radius 3 is 2.59 bits per heavy atom. The topological polar surface area (TPSA) is 94.6 Å². The van der Waals surface area contributed by atoms with Crippen molar-refractivity contribution in [1.29, 1.82) is 0 Å². The summed E-state index contributed by atoms with van der Waals surface area (Å²) in [7, 11) is 1.63. The molecule has 3 heterocycles. The third kappa shape index (κ3) is 4.60. The van der Waals surface area contributed by atoms with Gasteiger partial charge >= 0.3 is 5.97 Å². The van der Waals surface area contributed by atoms with Gasteiger partial charge in [-0.15, -0.1) is 11.3 Å². The van der Waals surface area contributed by atoms with Gasteiger partial charge in [0.2, 0.25) is 5.89 Å². The van der Waals surface area contributed by atoms with E-state index in [0.717, 1.165) is 32.0 Å². The van der Waals surface area contributed by atoms with Gasteiger partial charge in [-0.1, -0.05) is 32.0 Å². The number of oxazole rings is 1. The van der Waals surface area contributed by atoms with Crippen molar-refractivity contribution < 1.29 is 19.1 Å². The molecule has 4 rings (SSSR count). The summed E-state index contributed by atoms with van der Waals surface area (Å²) in [6, 6.07) is 7.78. The number of aryl methyl sites for hydroxylation is 3. The van der Waals surface area contributed by atoms with Crippen LogP contribution in [-0.4, -0.2) is 27.7 Å². The van der Waals surface area contributed by atoms with E-state index in [1.807, 2.05) is 45.0 Å². The summed E-state index contributed by atoms with van der Waals surface area (Å²) < 4.78 is 13.0. The zero-order valence-corrected chi connectivity index (χ0v) is 19.4. The number of pyridine rings is 1. The van der Waals surface area contributed by atoms with Crippen LogP contribution in [0.1, 0.15) is 30.5 Å². The summed E-state index contributed by atoms with van der Waals surface area (Å²) in [4.78, 5) is 29.3. The van der Waals surface area contributed by atoms with Crippen molar-refractivity contribution in [2.24, 2.45) is 0 Å². The maximum absolute atomic E-state index is 13.0. The quantitative estimate of drug-likeness (QED) is 0.425. The summed E-state index contributed by atoms with van der Waals surface area (Å²) in [6.45, 7) is 5.45. The predicted octanol–water partition coefficient (Wildman–Crippen LogP) is 4.93. The Hall–Kier alpha value is -3.39. The van der Waals surface area contributed by atoms with E-state index < -0.39 is 5.97 Å². The lowest BCUT2D eigenvalue weighted by Gasteiger charge is -2.11. The lowest BCUT2D eigenvalue weighted by Crippen LogP contribution is -2.24. The summed E-state index contributed by atoms with van der Waals surface area (Å²) in [5.74, 6) is 0.192. The number of fused-ring (bicyclic) bond motifs is 1. The SMILES string of the molecule is CC.COc1ccccc1CCc1cn(CC(=O)O)c(=O)c2c(C)c(-c3ncco3)sc12. The average molecular weight is 455 g/mol. The van der Waals surface area contributed by atoms with Gasteiger partial charge < -0.3 is 18.8 Å². The van der Waals surface area contributed by atoms with Gasteiger partial charge in [-0.2, -0.15) is 0 Å². The van der Waals surface area contributed by atoms with Crippen LogP contribution in [0.2, 0.25) is 0 Å². The van der Waals surface area contributed by atoms with E-state index in [4.69, 9.17) is 9.15 Å². The fourth-order valence-corrected chi connectivity index (χ4v) is 4.88. The number of aliphatic carboxylic acids is 1. The number of carboxylic acid groups (broad SMARTS) is 1. The minimum atomic E-state index is -1.06. The van der Waals surface area contributed by atoms with Gasteiger partial charge in [-0.3, -0.25) is 9.59 Å². The zero-order chi connectivity index (χ0) is 23.3. The molecule has 4 aromatic rings. The number of benzene rings is 1. The van der Waals surface area contributed by atoms with E-state index in [1.165, 1.54) is 22.2 Å². The van der Waals surface area contributed by atoms with Crippen molar-refractivity contribution in [3.05, 3.63) is 70.0 Å². The molecule has 0 aliphatic carbocycles. The molecular formula is C24H26N2O5S. The van der Waals surface area contributed by atoms with E-state index in [9.17, 15) is 14.7 Å². The highest BCUT2D eigenvalue weighted by Crippen LogP contribution is 2.38. The molecule has 0 fully saturated rings. The van der Waals surface area contributed by atoms with Crippen molar-refractivity contribution in [3.8, 4) is 16.5 Å². The Balaban J connectivity index is 0.00000141. The molecule has 1 aromatic carbocycles. The van der Waals surface area contributed by atoms with Crippen molar-refractivity contribution in [1.82, 2.24) is 9.55 Å². The van der Waals surface area contributed by atoms with Gasteiger partial charge in [0.05, 0.1) is 23.6 Å². The van der Waals surface area contributed by atoms with E-state index >= 15 is 0 Å². The Bertz CT molecular complexity index is 1270. The fraction of sp³-hybridized carbons (Fsp3) is 0.292. The summed E-state index contributed by atoms with van der Waals surface area (Å²) in [5.41, 5.74) is 2.38. The van der Waals surface area contributed by atoms with Crippen LogP contribution in [0, 0.1) is 6.92 Å². The van der Waals surface area contributed by atoms with Crippen LogP contribution in [-0.2, 0) is 24.2 Å². The summed E-state index contributed by atoms with van der Waals surface area (Å²) in [5, 5.41) is 9.78. The second kappa shape index (κ2) is 10.3. The molecule has 3 aromatic heterocycles. The highest BCUT2D eigenvalue weighted by atomic mass is 32.1. The van der Waals surface area contributed by atoms with Crippen LogP contribution < -0.4 is 10.3 Å². The molecular weight excluding hydrogens is 428 g/mol. The largest absolute Gasteiger partial charge is 0.496 e. The summed E-state index contributed by atoms with van der Waals surface area (Å²) in [6.07, 6.45) is 6.02. The minimum Gasteiger partial charge on any atom is -0.496 e. The van der Waals surface area contributed by atoms with Crippen molar-refractivity contribution >= 4 is 27.4 Å². The van der Waals surface area contributed by atoms with Gasteiger partial charge in [0, 0.05) is 10.9 Å². The molecule has 0 aliphatic heterocycles. The molecule has 32 heavy (non-hydrogen) atoms. The number of thiophene rings is 1. The lowest BCUT2D eigenvalue weighted by molar-refractivity contribution is -0.137.